The van der Waals surface area contributed by atoms with Crippen LogP contribution < -0.4 is 10.2 Å². The first-order valence-electron chi connectivity index (χ1n) is 5.99. The smallest absolute Gasteiger partial charge is 0.0367 e. The van der Waals surface area contributed by atoms with Crippen molar-refractivity contribution >= 4 is 11.4 Å². The quantitative estimate of drug-likeness (QED) is 0.777. The van der Waals surface area contributed by atoms with Crippen LogP contribution in [0.25, 0.3) is 0 Å². The molecule has 1 heterocycles. The van der Waals surface area contributed by atoms with E-state index >= 15 is 0 Å². The van der Waals surface area contributed by atoms with Crippen LogP contribution in [0.5, 0.6) is 0 Å². The summed E-state index contributed by atoms with van der Waals surface area (Å²) < 4.78 is 0. The monoisotopic (exact) mass is 216 g/mol. The summed E-state index contributed by atoms with van der Waals surface area (Å²) in [4.78, 5) is 2.45. The minimum Gasteiger partial charge on any atom is -0.381 e. The van der Waals surface area contributed by atoms with Crippen molar-refractivity contribution in [3.8, 4) is 0 Å². The van der Waals surface area contributed by atoms with Gasteiger partial charge in [-0.05, 0) is 44.0 Å². The molecule has 0 aliphatic carbocycles. The molecule has 16 heavy (non-hydrogen) atoms. The highest BCUT2D eigenvalue weighted by atomic mass is 15.1. The molecular weight excluding hydrogens is 196 g/mol. The zero-order valence-corrected chi connectivity index (χ0v) is 10.00. The number of hydrogen-bond acceptors (Lipinski definition) is 2. The second-order valence-corrected chi connectivity index (χ2v) is 4.55. The van der Waals surface area contributed by atoms with Gasteiger partial charge in [-0.15, -0.1) is 0 Å². The first-order chi connectivity index (χ1) is 7.75. The van der Waals surface area contributed by atoms with Crippen LogP contribution in [-0.4, -0.2) is 19.6 Å². The van der Waals surface area contributed by atoms with Gasteiger partial charge in [0.15, 0.2) is 0 Å². The Balaban J connectivity index is 1.95. The predicted molar refractivity (Wildman–Crippen MR) is 71.2 cm³/mol. The summed E-state index contributed by atoms with van der Waals surface area (Å²) in [5.41, 5.74) is 3.67. The van der Waals surface area contributed by atoms with E-state index in [0.29, 0.717) is 0 Å². The third kappa shape index (κ3) is 2.78. The topological polar surface area (TPSA) is 15.3 Å². The van der Waals surface area contributed by atoms with Gasteiger partial charge < -0.3 is 10.2 Å². The lowest BCUT2D eigenvalue weighted by atomic mass is 10.2. The molecule has 2 heteroatoms. The van der Waals surface area contributed by atoms with Crippen LogP contribution in [0.15, 0.2) is 36.4 Å². The molecule has 2 rings (SSSR count). The molecule has 0 unspecified atom stereocenters. The van der Waals surface area contributed by atoms with E-state index in [1.165, 1.54) is 37.3 Å². The van der Waals surface area contributed by atoms with Crippen LogP contribution in [-0.2, 0) is 0 Å². The Bertz CT molecular complexity index is 348. The summed E-state index contributed by atoms with van der Waals surface area (Å²) in [5, 5.41) is 3.34. The molecule has 0 saturated carbocycles. The van der Waals surface area contributed by atoms with Crippen LogP contribution in [0.1, 0.15) is 19.8 Å². The van der Waals surface area contributed by atoms with Gasteiger partial charge in [0.1, 0.15) is 0 Å². The number of benzene rings is 1. The lowest BCUT2D eigenvalue weighted by Crippen LogP contribution is -2.17. The van der Waals surface area contributed by atoms with Crippen LogP contribution in [0, 0.1) is 0 Å². The van der Waals surface area contributed by atoms with Gasteiger partial charge in [-0.3, -0.25) is 0 Å². The van der Waals surface area contributed by atoms with Crippen LogP contribution >= 0.6 is 0 Å². The predicted octanol–water partition coefficient (Wildman–Crippen LogP) is 3.27. The fraction of sp³-hybridized carbons (Fsp3) is 0.429. The van der Waals surface area contributed by atoms with Gasteiger partial charge in [-0.1, -0.05) is 12.2 Å². The third-order valence-corrected chi connectivity index (χ3v) is 2.93. The highest BCUT2D eigenvalue weighted by Gasteiger charge is 2.11. The Morgan fingerprint density at radius 2 is 1.88 bits per heavy atom. The van der Waals surface area contributed by atoms with Gasteiger partial charge >= 0.3 is 0 Å². The zero-order chi connectivity index (χ0) is 11.4. The first-order valence-corrected chi connectivity index (χ1v) is 5.99. The highest BCUT2D eigenvalue weighted by molar-refractivity contribution is 5.55. The van der Waals surface area contributed by atoms with Gasteiger partial charge in [-0.2, -0.15) is 0 Å². The molecule has 1 N–H and O–H groups in total. The summed E-state index contributed by atoms with van der Waals surface area (Å²) in [5.74, 6) is 0. The highest BCUT2D eigenvalue weighted by Crippen LogP contribution is 2.21. The summed E-state index contributed by atoms with van der Waals surface area (Å²) in [6.45, 7) is 9.18. The van der Waals surface area contributed by atoms with Crippen LogP contribution in [0.4, 0.5) is 11.4 Å². The first kappa shape index (κ1) is 11.1. The van der Waals surface area contributed by atoms with E-state index in [1.807, 2.05) is 6.92 Å². The Morgan fingerprint density at radius 3 is 2.44 bits per heavy atom. The molecule has 1 fully saturated rings. The van der Waals surface area contributed by atoms with Crippen LogP contribution in [0.3, 0.4) is 0 Å². The van der Waals surface area contributed by atoms with Crippen molar-refractivity contribution in [3.05, 3.63) is 36.4 Å². The van der Waals surface area contributed by atoms with E-state index in [1.54, 1.807) is 0 Å². The lowest BCUT2D eigenvalue weighted by molar-refractivity contribution is 0.949. The van der Waals surface area contributed by atoms with Crippen molar-refractivity contribution in [3.63, 3.8) is 0 Å². The maximum atomic E-state index is 3.88. The SMILES string of the molecule is C=C(C)CNc1ccc(N2CCCC2)cc1. The standard InChI is InChI=1S/C14H20N2/c1-12(2)11-15-13-5-7-14(8-6-13)16-9-3-4-10-16/h5-8,15H,1,3-4,9-11H2,2H3. The van der Waals surface area contributed by atoms with Gasteiger partial charge in [0.25, 0.3) is 0 Å². The average Bonchev–Trinajstić information content (AvgIpc) is 2.80. The summed E-state index contributed by atoms with van der Waals surface area (Å²) in [6.07, 6.45) is 2.66. The van der Waals surface area contributed by atoms with E-state index in [0.717, 1.165) is 12.1 Å². The van der Waals surface area contributed by atoms with Crippen molar-refractivity contribution in [1.82, 2.24) is 0 Å². The van der Waals surface area contributed by atoms with E-state index in [9.17, 15) is 0 Å². The maximum absolute atomic E-state index is 3.88. The van der Waals surface area contributed by atoms with Crippen molar-refractivity contribution in [1.29, 1.82) is 0 Å². The van der Waals surface area contributed by atoms with Crippen molar-refractivity contribution in [2.45, 2.75) is 19.8 Å². The second-order valence-electron chi connectivity index (χ2n) is 4.55. The number of nitrogens with zero attached hydrogens (tertiary/aromatic N) is 1. The number of nitrogens with one attached hydrogen (secondary N) is 1. The number of anilines is 2. The molecule has 1 aliphatic heterocycles. The van der Waals surface area contributed by atoms with Gasteiger partial charge in [0.05, 0.1) is 0 Å². The van der Waals surface area contributed by atoms with E-state index in [-0.39, 0.29) is 0 Å². The average molecular weight is 216 g/mol. The molecule has 0 spiro atoms. The van der Waals surface area contributed by atoms with Crippen molar-refractivity contribution < 1.29 is 0 Å². The van der Waals surface area contributed by atoms with Crippen molar-refractivity contribution in [2.75, 3.05) is 29.9 Å². The fourth-order valence-electron chi connectivity index (χ4n) is 2.02. The molecule has 1 aromatic carbocycles. The molecule has 1 aromatic rings. The number of hydrogen-bond donors (Lipinski definition) is 1. The number of rotatable bonds is 4. The lowest BCUT2D eigenvalue weighted by Gasteiger charge is -2.18. The molecular formula is C14H20N2. The molecule has 0 aromatic heterocycles. The van der Waals surface area contributed by atoms with Crippen LogP contribution in [0.2, 0.25) is 0 Å². The Morgan fingerprint density at radius 1 is 1.25 bits per heavy atom. The van der Waals surface area contributed by atoms with Gasteiger partial charge in [-0.25, -0.2) is 0 Å². The second kappa shape index (κ2) is 5.06. The van der Waals surface area contributed by atoms with E-state index < -0.39 is 0 Å². The molecule has 0 bridgehead atoms. The summed E-state index contributed by atoms with van der Waals surface area (Å²) in [7, 11) is 0. The summed E-state index contributed by atoms with van der Waals surface area (Å²) in [6, 6.07) is 8.70. The van der Waals surface area contributed by atoms with Gasteiger partial charge in [0.2, 0.25) is 0 Å². The Labute approximate surface area is 98.0 Å². The molecule has 0 radical (unpaired) electrons. The largest absolute Gasteiger partial charge is 0.381 e. The molecule has 0 amide bonds. The Hall–Kier alpha value is -1.44. The third-order valence-electron chi connectivity index (χ3n) is 2.93. The molecule has 1 saturated heterocycles. The van der Waals surface area contributed by atoms with E-state index in [4.69, 9.17) is 0 Å². The van der Waals surface area contributed by atoms with E-state index in [2.05, 4.69) is 41.1 Å². The molecule has 1 aliphatic rings. The summed E-state index contributed by atoms with van der Waals surface area (Å²) >= 11 is 0. The van der Waals surface area contributed by atoms with Gasteiger partial charge in [0, 0.05) is 31.0 Å². The zero-order valence-electron chi connectivity index (χ0n) is 10.00. The molecule has 2 nitrogen and oxygen atoms in total. The molecule has 0 atom stereocenters. The normalized spacial score (nSPS) is 15.2. The minimum atomic E-state index is 0.850. The maximum Gasteiger partial charge on any atom is 0.0367 e. The Kier molecular flexibility index (Phi) is 3.50. The van der Waals surface area contributed by atoms with Crippen molar-refractivity contribution in [2.24, 2.45) is 0 Å². The molecule has 86 valence electrons. The minimum absolute atomic E-state index is 0.850. The fourth-order valence-corrected chi connectivity index (χ4v) is 2.02.